The Balaban J connectivity index is 1.84. The van der Waals surface area contributed by atoms with E-state index in [1.807, 2.05) is 0 Å². The smallest absolute Gasteiger partial charge is 0.298 e. The molecule has 70 valence electrons. The van der Waals surface area contributed by atoms with Crippen molar-refractivity contribution in [2.24, 2.45) is 17.8 Å². The van der Waals surface area contributed by atoms with Crippen LogP contribution >= 0.6 is 0 Å². The molecule has 1 saturated heterocycles. The van der Waals surface area contributed by atoms with Gasteiger partial charge in [-0.1, -0.05) is 0 Å². The van der Waals surface area contributed by atoms with E-state index in [-0.39, 0.29) is 5.91 Å². The minimum atomic E-state index is -0.164. The zero-order valence-corrected chi connectivity index (χ0v) is 7.69. The number of methoxy groups -OCH3 is 1. The lowest BCUT2D eigenvalue weighted by atomic mass is 10.3. The van der Waals surface area contributed by atoms with Crippen LogP contribution in [0.4, 0.5) is 0 Å². The van der Waals surface area contributed by atoms with E-state index in [2.05, 4.69) is 5.92 Å². The van der Waals surface area contributed by atoms with Crippen molar-refractivity contribution < 1.29 is 9.53 Å². The number of ether oxygens (including phenoxy) is 1. The number of hydrogen-bond acceptors (Lipinski definition) is 2. The Morgan fingerprint density at radius 2 is 2.23 bits per heavy atom. The Morgan fingerprint density at radius 3 is 2.69 bits per heavy atom. The summed E-state index contributed by atoms with van der Waals surface area (Å²) in [7, 11) is 1.72. The highest BCUT2D eigenvalue weighted by Crippen LogP contribution is 2.51. The Hall–Kier alpha value is -1.01. The average molecular weight is 179 g/mol. The highest BCUT2D eigenvalue weighted by atomic mass is 16.5. The first-order chi connectivity index (χ1) is 6.27. The highest BCUT2D eigenvalue weighted by Gasteiger charge is 2.56. The lowest BCUT2D eigenvalue weighted by molar-refractivity contribution is -0.124. The number of amides is 1. The predicted octanol–water partition coefficient (Wildman–Crippen LogP) is -0.0296. The summed E-state index contributed by atoms with van der Waals surface area (Å²) < 4.78 is 5.08. The first kappa shape index (κ1) is 8.58. The molecule has 3 atom stereocenters. The van der Waals surface area contributed by atoms with Crippen molar-refractivity contribution >= 4 is 5.91 Å². The highest BCUT2D eigenvalue weighted by molar-refractivity contribution is 5.93. The number of rotatable bonds is 2. The van der Waals surface area contributed by atoms with Crippen molar-refractivity contribution in [3.8, 4) is 12.3 Å². The lowest BCUT2D eigenvalue weighted by Crippen LogP contribution is -2.30. The van der Waals surface area contributed by atoms with Crippen LogP contribution in [-0.4, -0.2) is 37.6 Å². The van der Waals surface area contributed by atoms with E-state index in [9.17, 15) is 4.79 Å². The monoisotopic (exact) mass is 179 g/mol. The molecule has 0 aromatic carbocycles. The molecule has 0 radical (unpaired) electrons. The number of hydrogen-bond donors (Lipinski definition) is 0. The first-order valence-corrected chi connectivity index (χ1v) is 4.52. The van der Waals surface area contributed by atoms with Gasteiger partial charge >= 0.3 is 0 Å². The fourth-order valence-electron chi connectivity index (χ4n) is 2.35. The normalized spacial score (nSPS) is 35.4. The Bertz CT molecular complexity index is 257. The summed E-state index contributed by atoms with van der Waals surface area (Å²) >= 11 is 0. The van der Waals surface area contributed by atoms with Crippen molar-refractivity contribution in [1.82, 2.24) is 4.90 Å². The van der Waals surface area contributed by atoms with Crippen LogP contribution in [0.15, 0.2) is 0 Å². The Labute approximate surface area is 78.0 Å². The van der Waals surface area contributed by atoms with E-state index >= 15 is 0 Å². The number of nitrogens with zero attached hydrogens (tertiary/aromatic N) is 1. The van der Waals surface area contributed by atoms with Crippen molar-refractivity contribution in [3.63, 3.8) is 0 Å². The Kier molecular flexibility index (Phi) is 2.01. The second kappa shape index (κ2) is 3.04. The third-order valence-corrected chi connectivity index (χ3v) is 3.14. The molecule has 1 aliphatic carbocycles. The van der Waals surface area contributed by atoms with Crippen molar-refractivity contribution in [2.45, 2.75) is 0 Å². The molecule has 0 bridgehead atoms. The zero-order valence-electron chi connectivity index (χ0n) is 7.69. The third-order valence-electron chi connectivity index (χ3n) is 3.14. The largest absolute Gasteiger partial charge is 0.384 e. The number of fused-ring (bicyclic) bond motifs is 1. The molecule has 0 spiro atoms. The summed E-state index contributed by atoms with van der Waals surface area (Å²) in [5.74, 6) is 3.96. The molecule has 0 N–H and O–H groups in total. The minimum Gasteiger partial charge on any atom is -0.384 e. The SMILES string of the molecule is C#CC(=O)N1C[C@@H]2C(COC)[C@@H]2C1. The third kappa shape index (κ3) is 1.31. The van der Waals surface area contributed by atoms with Crippen LogP contribution in [0.2, 0.25) is 0 Å². The van der Waals surface area contributed by atoms with Gasteiger partial charge in [0.1, 0.15) is 0 Å². The summed E-state index contributed by atoms with van der Waals surface area (Å²) in [6.45, 7) is 2.50. The van der Waals surface area contributed by atoms with E-state index in [0.29, 0.717) is 17.8 Å². The molecule has 0 aromatic rings. The van der Waals surface area contributed by atoms with Gasteiger partial charge in [-0.2, -0.15) is 0 Å². The maximum Gasteiger partial charge on any atom is 0.298 e. The molecule has 1 aliphatic heterocycles. The molecule has 3 heteroatoms. The Morgan fingerprint density at radius 1 is 1.62 bits per heavy atom. The molecule has 1 saturated carbocycles. The van der Waals surface area contributed by atoms with E-state index in [1.165, 1.54) is 0 Å². The van der Waals surface area contributed by atoms with Gasteiger partial charge in [0.2, 0.25) is 0 Å². The van der Waals surface area contributed by atoms with Gasteiger partial charge in [-0.3, -0.25) is 4.79 Å². The number of likely N-dealkylation sites (tertiary alicyclic amines) is 1. The molecule has 1 amide bonds. The second-order valence-electron chi connectivity index (χ2n) is 3.80. The maximum absolute atomic E-state index is 11.1. The molecule has 2 rings (SSSR count). The molecule has 3 nitrogen and oxygen atoms in total. The van der Waals surface area contributed by atoms with Gasteiger partial charge in [-0.15, -0.1) is 6.42 Å². The minimum absolute atomic E-state index is 0.164. The van der Waals surface area contributed by atoms with Crippen LogP contribution < -0.4 is 0 Å². The number of carbonyl (C=O) groups excluding carboxylic acids is 1. The van der Waals surface area contributed by atoms with Crippen molar-refractivity contribution in [3.05, 3.63) is 0 Å². The molecule has 1 unspecified atom stereocenters. The number of terminal acetylenes is 1. The van der Waals surface area contributed by atoms with Gasteiger partial charge in [0.05, 0.1) is 0 Å². The summed E-state index contributed by atoms with van der Waals surface area (Å²) in [5, 5.41) is 0. The predicted molar refractivity (Wildman–Crippen MR) is 47.8 cm³/mol. The lowest BCUT2D eigenvalue weighted by Gasteiger charge is -2.16. The van der Waals surface area contributed by atoms with Crippen molar-refractivity contribution in [1.29, 1.82) is 0 Å². The summed E-state index contributed by atoms with van der Waals surface area (Å²) in [4.78, 5) is 12.9. The molecular formula is C10H13NO2. The molecule has 2 aliphatic rings. The summed E-state index contributed by atoms with van der Waals surface area (Å²) in [6, 6.07) is 0. The van der Waals surface area contributed by atoms with Crippen LogP contribution in [0.5, 0.6) is 0 Å². The van der Waals surface area contributed by atoms with Gasteiger partial charge in [-0.05, 0) is 23.7 Å². The summed E-state index contributed by atoms with van der Waals surface area (Å²) in [6.07, 6.45) is 5.04. The van der Waals surface area contributed by atoms with Gasteiger partial charge < -0.3 is 9.64 Å². The molecule has 0 aromatic heterocycles. The second-order valence-corrected chi connectivity index (χ2v) is 3.80. The maximum atomic E-state index is 11.1. The zero-order chi connectivity index (χ0) is 9.42. The van der Waals surface area contributed by atoms with E-state index in [1.54, 1.807) is 12.0 Å². The molecule has 1 heterocycles. The van der Waals surface area contributed by atoms with Gasteiger partial charge in [-0.25, -0.2) is 0 Å². The first-order valence-electron chi connectivity index (χ1n) is 4.52. The molecule has 2 fully saturated rings. The fraction of sp³-hybridized carbons (Fsp3) is 0.700. The average Bonchev–Trinajstić information content (AvgIpc) is 2.64. The standard InChI is InChI=1S/C10H13NO2/c1-3-10(12)11-4-7-8(5-11)9(7)6-13-2/h1,7-9H,4-6H2,2H3/t7-,8+,9?. The van der Waals surface area contributed by atoms with Crippen LogP contribution in [-0.2, 0) is 9.53 Å². The van der Waals surface area contributed by atoms with E-state index < -0.39 is 0 Å². The van der Waals surface area contributed by atoms with E-state index in [0.717, 1.165) is 19.7 Å². The molecular weight excluding hydrogens is 166 g/mol. The van der Waals surface area contributed by atoms with Gasteiger partial charge in [0.25, 0.3) is 5.91 Å². The quantitative estimate of drug-likeness (QED) is 0.557. The van der Waals surface area contributed by atoms with Crippen LogP contribution in [0, 0.1) is 30.1 Å². The topological polar surface area (TPSA) is 29.5 Å². The number of carbonyl (C=O) groups is 1. The van der Waals surface area contributed by atoms with Gasteiger partial charge in [0.15, 0.2) is 0 Å². The number of piperidine rings is 1. The molecule has 13 heavy (non-hydrogen) atoms. The fourth-order valence-corrected chi connectivity index (χ4v) is 2.35. The van der Waals surface area contributed by atoms with Crippen molar-refractivity contribution in [2.75, 3.05) is 26.8 Å². The van der Waals surface area contributed by atoms with Crippen LogP contribution in [0.1, 0.15) is 0 Å². The van der Waals surface area contributed by atoms with Crippen LogP contribution in [0.25, 0.3) is 0 Å². The van der Waals surface area contributed by atoms with Crippen LogP contribution in [0.3, 0.4) is 0 Å². The van der Waals surface area contributed by atoms with E-state index in [4.69, 9.17) is 11.2 Å². The van der Waals surface area contributed by atoms with Gasteiger partial charge in [0, 0.05) is 26.8 Å². The summed E-state index contributed by atoms with van der Waals surface area (Å²) in [5.41, 5.74) is 0.